The van der Waals surface area contributed by atoms with Crippen LogP contribution in [0.3, 0.4) is 0 Å². The van der Waals surface area contributed by atoms with Gasteiger partial charge in [-0.2, -0.15) is 0 Å². The topological polar surface area (TPSA) is 90.5 Å². The van der Waals surface area contributed by atoms with Gasteiger partial charge in [-0.05, 0) is 36.4 Å². The average molecular weight is 489 g/mol. The van der Waals surface area contributed by atoms with E-state index in [1.54, 1.807) is 12.1 Å². The highest BCUT2D eigenvalue weighted by atomic mass is 35.5. The van der Waals surface area contributed by atoms with Gasteiger partial charge in [0, 0.05) is 31.9 Å². The first-order valence-electron chi connectivity index (χ1n) is 10.3. The average Bonchev–Trinajstić information content (AvgIpc) is 3.27. The normalized spacial score (nSPS) is 14.7. The third-order valence-electron chi connectivity index (χ3n) is 5.10. The molecule has 172 valence electrons. The molecule has 4 rings (SSSR count). The number of carbonyl (C=O) groups is 2. The molecule has 1 aromatic heterocycles. The molecule has 1 aliphatic rings. The molecule has 33 heavy (non-hydrogen) atoms. The summed E-state index contributed by atoms with van der Waals surface area (Å²) in [6.07, 6.45) is 0. The molecular weight excluding hydrogens is 467 g/mol. The third-order valence-corrected chi connectivity index (χ3v) is 6.34. The smallest absolute Gasteiger partial charge is 0.286 e. The predicted octanol–water partition coefficient (Wildman–Crippen LogP) is 3.34. The molecule has 0 atom stereocenters. The maximum Gasteiger partial charge on any atom is 0.286 e. The van der Waals surface area contributed by atoms with Crippen LogP contribution in [-0.4, -0.2) is 64.5 Å². The monoisotopic (exact) mass is 488 g/mol. The number of benzene rings is 2. The van der Waals surface area contributed by atoms with Crippen LogP contribution in [0.2, 0.25) is 5.02 Å². The van der Waals surface area contributed by atoms with E-state index in [9.17, 15) is 14.0 Å². The van der Waals surface area contributed by atoms with Crippen molar-refractivity contribution in [1.29, 1.82) is 0 Å². The number of hydrogen-bond donors (Lipinski definition) is 2. The van der Waals surface area contributed by atoms with E-state index >= 15 is 0 Å². The van der Waals surface area contributed by atoms with Crippen molar-refractivity contribution in [3.8, 4) is 0 Å². The minimum absolute atomic E-state index is 0.0996. The minimum atomic E-state index is -0.375. The summed E-state index contributed by atoms with van der Waals surface area (Å²) in [5, 5.41) is 15.1. The summed E-state index contributed by atoms with van der Waals surface area (Å²) in [6, 6.07) is 12.7. The van der Waals surface area contributed by atoms with Gasteiger partial charge in [0.15, 0.2) is 0 Å². The first-order chi connectivity index (χ1) is 16.0. The van der Waals surface area contributed by atoms with E-state index in [4.69, 9.17) is 11.6 Å². The Kier molecular flexibility index (Phi) is 7.61. The van der Waals surface area contributed by atoms with E-state index in [1.165, 1.54) is 35.6 Å². The Morgan fingerprint density at radius 2 is 1.67 bits per heavy atom. The summed E-state index contributed by atoms with van der Waals surface area (Å²) in [7, 11) is 0. The van der Waals surface area contributed by atoms with Crippen LogP contribution >= 0.6 is 22.9 Å². The van der Waals surface area contributed by atoms with E-state index in [0.717, 1.165) is 31.2 Å². The molecule has 1 saturated heterocycles. The van der Waals surface area contributed by atoms with Crippen molar-refractivity contribution in [2.45, 2.75) is 6.54 Å². The van der Waals surface area contributed by atoms with Crippen molar-refractivity contribution in [2.24, 2.45) is 0 Å². The number of aromatic nitrogens is 2. The van der Waals surface area contributed by atoms with Gasteiger partial charge in [0.1, 0.15) is 10.8 Å². The summed E-state index contributed by atoms with van der Waals surface area (Å²) in [5.74, 6) is -0.843. The minimum Gasteiger partial charge on any atom is -0.324 e. The second-order valence-electron chi connectivity index (χ2n) is 7.54. The van der Waals surface area contributed by atoms with E-state index in [-0.39, 0.29) is 22.6 Å². The molecule has 0 unspecified atom stereocenters. The van der Waals surface area contributed by atoms with Gasteiger partial charge in [0.05, 0.1) is 23.8 Å². The summed E-state index contributed by atoms with van der Waals surface area (Å²) >= 11 is 7.32. The predicted molar refractivity (Wildman–Crippen MR) is 126 cm³/mol. The van der Waals surface area contributed by atoms with Crippen molar-refractivity contribution in [2.75, 3.05) is 43.4 Å². The van der Waals surface area contributed by atoms with Gasteiger partial charge < -0.3 is 10.6 Å². The van der Waals surface area contributed by atoms with Gasteiger partial charge in [-0.25, -0.2) is 4.39 Å². The molecule has 8 nitrogen and oxygen atoms in total. The SMILES string of the molecule is O=C(CN1CCN(Cc2nnc(C(=O)Nc3ccc(F)cc3)s2)CC1)Nc1ccccc1Cl. The van der Waals surface area contributed by atoms with Crippen LogP contribution in [0.4, 0.5) is 15.8 Å². The largest absolute Gasteiger partial charge is 0.324 e. The Hall–Kier alpha value is -2.92. The zero-order chi connectivity index (χ0) is 23.2. The summed E-state index contributed by atoms with van der Waals surface area (Å²) in [6.45, 7) is 3.91. The lowest BCUT2D eigenvalue weighted by atomic mass is 10.3. The molecule has 1 fully saturated rings. The number of halogens is 2. The van der Waals surface area contributed by atoms with Crippen molar-refractivity contribution in [1.82, 2.24) is 20.0 Å². The lowest BCUT2D eigenvalue weighted by Gasteiger charge is -2.33. The van der Waals surface area contributed by atoms with Gasteiger partial charge in [-0.3, -0.25) is 19.4 Å². The molecule has 2 aromatic carbocycles. The fourth-order valence-electron chi connectivity index (χ4n) is 3.38. The quantitative estimate of drug-likeness (QED) is 0.530. The number of hydrogen-bond acceptors (Lipinski definition) is 7. The van der Waals surface area contributed by atoms with Crippen LogP contribution < -0.4 is 10.6 Å². The van der Waals surface area contributed by atoms with Crippen molar-refractivity contribution in [3.63, 3.8) is 0 Å². The van der Waals surface area contributed by atoms with Gasteiger partial charge in [-0.1, -0.05) is 35.1 Å². The van der Waals surface area contributed by atoms with Crippen LogP contribution in [-0.2, 0) is 11.3 Å². The first kappa shape index (κ1) is 23.2. The lowest BCUT2D eigenvalue weighted by molar-refractivity contribution is -0.117. The zero-order valence-corrected chi connectivity index (χ0v) is 19.2. The molecule has 0 spiro atoms. The Balaban J connectivity index is 1.22. The summed E-state index contributed by atoms with van der Waals surface area (Å²) < 4.78 is 13.0. The number of anilines is 2. The van der Waals surface area contributed by atoms with E-state index in [2.05, 4.69) is 30.6 Å². The van der Waals surface area contributed by atoms with Crippen molar-refractivity contribution in [3.05, 3.63) is 69.4 Å². The summed E-state index contributed by atoms with van der Waals surface area (Å²) in [4.78, 5) is 29.0. The molecule has 1 aliphatic heterocycles. The molecule has 2 heterocycles. The Morgan fingerprint density at radius 3 is 2.39 bits per heavy atom. The lowest BCUT2D eigenvalue weighted by Crippen LogP contribution is -2.48. The van der Waals surface area contributed by atoms with Crippen molar-refractivity contribution >= 4 is 46.1 Å². The number of nitrogens with one attached hydrogen (secondary N) is 2. The number of para-hydroxylation sites is 1. The van der Waals surface area contributed by atoms with Crippen LogP contribution in [0.25, 0.3) is 0 Å². The van der Waals surface area contributed by atoms with E-state index < -0.39 is 0 Å². The molecule has 11 heteroatoms. The Bertz CT molecular complexity index is 1120. The highest BCUT2D eigenvalue weighted by Crippen LogP contribution is 2.20. The molecule has 0 radical (unpaired) electrons. The highest BCUT2D eigenvalue weighted by Gasteiger charge is 2.21. The van der Waals surface area contributed by atoms with Gasteiger partial charge in [0.25, 0.3) is 5.91 Å². The van der Waals surface area contributed by atoms with E-state index in [0.29, 0.717) is 29.5 Å². The number of rotatable bonds is 7. The molecule has 0 bridgehead atoms. The van der Waals surface area contributed by atoms with Crippen LogP contribution in [0.15, 0.2) is 48.5 Å². The second-order valence-corrected chi connectivity index (χ2v) is 9.01. The number of carbonyl (C=O) groups excluding carboxylic acids is 2. The number of nitrogens with zero attached hydrogens (tertiary/aromatic N) is 4. The maximum absolute atomic E-state index is 13.0. The molecule has 2 amide bonds. The first-order valence-corrected chi connectivity index (χ1v) is 11.5. The van der Waals surface area contributed by atoms with Crippen LogP contribution in [0.1, 0.15) is 14.8 Å². The Morgan fingerprint density at radius 1 is 0.970 bits per heavy atom. The fourth-order valence-corrected chi connectivity index (χ4v) is 4.34. The van der Waals surface area contributed by atoms with Gasteiger partial charge >= 0.3 is 0 Å². The van der Waals surface area contributed by atoms with Gasteiger partial charge in [0.2, 0.25) is 10.9 Å². The van der Waals surface area contributed by atoms with Gasteiger partial charge in [-0.15, -0.1) is 10.2 Å². The highest BCUT2D eigenvalue weighted by molar-refractivity contribution is 7.13. The molecule has 2 N–H and O–H groups in total. The molecule has 0 aliphatic carbocycles. The Labute approximate surface area is 199 Å². The third kappa shape index (κ3) is 6.55. The van der Waals surface area contributed by atoms with Crippen LogP contribution in [0.5, 0.6) is 0 Å². The fraction of sp³-hybridized carbons (Fsp3) is 0.273. The van der Waals surface area contributed by atoms with Crippen molar-refractivity contribution < 1.29 is 14.0 Å². The maximum atomic E-state index is 13.0. The summed E-state index contributed by atoms with van der Waals surface area (Å²) in [5.41, 5.74) is 1.10. The molecule has 0 saturated carbocycles. The second kappa shape index (κ2) is 10.8. The zero-order valence-electron chi connectivity index (χ0n) is 17.6. The standard InChI is InChI=1S/C22H22ClFN6O2S/c23-17-3-1-2-4-18(17)26-19(31)13-29-9-11-30(12-10-29)14-20-27-28-22(33-20)21(32)25-16-7-5-15(24)6-8-16/h1-8H,9-14H2,(H,25,32)(H,26,31). The molecule has 3 aromatic rings. The van der Waals surface area contributed by atoms with Crippen LogP contribution in [0, 0.1) is 5.82 Å². The van der Waals surface area contributed by atoms with E-state index in [1.807, 2.05) is 12.1 Å². The molecular formula is C22H22ClFN6O2S. The number of piperazine rings is 1. The number of amides is 2.